The quantitative estimate of drug-likeness (QED) is 0.695. The van der Waals surface area contributed by atoms with Crippen LogP contribution in [0.4, 0.5) is 0 Å². The molecule has 6 heteroatoms. The average Bonchev–Trinajstić information content (AvgIpc) is 3.09. The van der Waals surface area contributed by atoms with E-state index in [-0.39, 0.29) is 22.7 Å². The van der Waals surface area contributed by atoms with Crippen molar-refractivity contribution < 1.29 is 9.59 Å². The van der Waals surface area contributed by atoms with Gasteiger partial charge >= 0.3 is 0 Å². The van der Waals surface area contributed by atoms with Gasteiger partial charge in [0.2, 0.25) is 5.91 Å². The molecule has 1 aromatic heterocycles. The molecule has 2 saturated carbocycles. The molecule has 3 aliphatic rings. The topological polar surface area (TPSA) is 62.3 Å². The van der Waals surface area contributed by atoms with Crippen LogP contribution in [-0.2, 0) is 4.79 Å². The lowest BCUT2D eigenvalue weighted by Gasteiger charge is -2.33. The van der Waals surface area contributed by atoms with Crippen LogP contribution in [-0.4, -0.2) is 40.3 Å². The molecule has 31 heavy (non-hydrogen) atoms. The van der Waals surface area contributed by atoms with Gasteiger partial charge in [-0.1, -0.05) is 52.9 Å². The van der Waals surface area contributed by atoms with E-state index in [2.05, 4.69) is 43.9 Å². The molecule has 0 atom stereocenters. The second-order valence-corrected chi connectivity index (χ2v) is 11.7. The molecule has 2 heterocycles. The summed E-state index contributed by atoms with van der Waals surface area (Å²) in [5, 5.41) is 5.94. The molecule has 0 radical (unpaired) electrons. The predicted molar refractivity (Wildman–Crippen MR) is 124 cm³/mol. The van der Waals surface area contributed by atoms with Crippen LogP contribution in [0, 0.1) is 29.1 Å². The van der Waals surface area contributed by atoms with E-state index in [1.165, 1.54) is 6.42 Å². The van der Waals surface area contributed by atoms with Crippen molar-refractivity contribution in [2.75, 3.05) is 13.1 Å². The van der Waals surface area contributed by atoms with Crippen LogP contribution in [0.15, 0.2) is 5.38 Å². The van der Waals surface area contributed by atoms with Gasteiger partial charge in [-0.05, 0) is 36.5 Å². The molecular weight excluding hydrogens is 406 g/mol. The Morgan fingerprint density at radius 3 is 2.29 bits per heavy atom. The normalized spacial score (nSPS) is 24.9. The lowest BCUT2D eigenvalue weighted by molar-refractivity contribution is -0.134. The summed E-state index contributed by atoms with van der Waals surface area (Å²) >= 11 is 1.55. The van der Waals surface area contributed by atoms with Gasteiger partial charge in [0.05, 0.1) is 5.01 Å². The average molecular weight is 442 g/mol. The van der Waals surface area contributed by atoms with Crippen molar-refractivity contribution in [1.29, 1.82) is 0 Å². The van der Waals surface area contributed by atoms with E-state index in [1.54, 1.807) is 11.3 Å². The lowest BCUT2D eigenvalue weighted by Crippen LogP contribution is -2.48. The number of rotatable bonds is 4. The Hall–Kier alpha value is -1.87. The monoisotopic (exact) mass is 441 g/mol. The lowest BCUT2D eigenvalue weighted by atomic mass is 9.82. The van der Waals surface area contributed by atoms with Gasteiger partial charge in [0.15, 0.2) is 0 Å². The van der Waals surface area contributed by atoms with Crippen LogP contribution in [0.25, 0.3) is 0 Å². The van der Waals surface area contributed by atoms with Gasteiger partial charge in [0, 0.05) is 30.3 Å². The largest absolute Gasteiger partial charge is 0.342 e. The van der Waals surface area contributed by atoms with Crippen molar-refractivity contribution in [2.45, 2.75) is 84.1 Å². The van der Waals surface area contributed by atoms with Crippen molar-refractivity contribution in [1.82, 2.24) is 15.2 Å². The maximum absolute atomic E-state index is 13.0. The number of terminal acetylenes is 1. The molecule has 0 aromatic carbocycles. The Labute approximate surface area is 190 Å². The summed E-state index contributed by atoms with van der Waals surface area (Å²) < 4.78 is 0. The van der Waals surface area contributed by atoms with E-state index >= 15 is 0 Å². The summed E-state index contributed by atoms with van der Waals surface area (Å²) in [5.41, 5.74) is 0.106. The van der Waals surface area contributed by atoms with E-state index in [9.17, 15) is 9.59 Å². The van der Waals surface area contributed by atoms with E-state index in [0.717, 1.165) is 56.6 Å². The molecular formula is C25H35N3O2S. The Bertz CT molecular complexity index is 882. The maximum Gasteiger partial charge on any atom is 0.271 e. The summed E-state index contributed by atoms with van der Waals surface area (Å²) in [6.45, 7) is 10.3. The second-order valence-electron chi connectivity index (χ2n) is 10.8. The van der Waals surface area contributed by atoms with Crippen molar-refractivity contribution in [3.05, 3.63) is 16.1 Å². The molecule has 3 fully saturated rings. The highest BCUT2D eigenvalue weighted by atomic mass is 32.1. The molecule has 0 spiro atoms. The molecule has 4 rings (SSSR count). The van der Waals surface area contributed by atoms with Crippen LogP contribution >= 0.6 is 11.3 Å². The molecule has 0 unspecified atom stereocenters. The zero-order valence-electron chi connectivity index (χ0n) is 19.3. The second kappa shape index (κ2) is 7.92. The van der Waals surface area contributed by atoms with Gasteiger partial charge in [-0.3, -0.25) is 9.59 Å². The summed E-state index contributed by atoms with van der Waals surface area (Å²) in [4.78, 5) is 32.5. The van der Waals surface area contributed by atoms with Gasteiger partial charge in [-0.25, -0.2) is 4.98 Å². The van der Waals surface area contributed by atoms with E-state index in [1.807, 2.05) is 10.3 Å². The number of piperidine rings is 1. The molecule has 168 valence electrons. The first-order valence-corrected chi connectivity index (χ1v) is 12.5. The third kappa shape index (κ3) is 3.91. The highest BCUT2D eigenvalue weighted by Crippen LogP contribution is 2.68. The SMILES string of the molecule is C#CC1(NC(=O)c2csc(C3CCN(C(=O)C4C(C)(C)C4(C)C)CC3)n2)CCCCC1. The molecule has 2 amide bonds. The smallest absolute Gasteiger partial charge is 0.271 e. The van der Waals surface area contributed by atoms with Crippen LogP contribution in [0.2, 0.25) is 0 Å². The summed E-state index contributed by atoms with van der Waals surface area (Å²) in [5.74, 6) is 3.41. The van der Waals surface area contributed by atoms with E-state index in [0.29, 0.717) is 17.5 Å². The van der Waals surface area contributed by atoms with Gasteiger partial charge in [0.25, 0.3) is 5.91 Å². The Balaban J connectivity index is 1.34. The molecule has 1 aliphatic heterocycles. The molecule has 0 bridgehead atoms. The number of carbonyl (C=O) groups excluding carboxylic acids is 2. The van der Waals surface area contributed by atoms with Crippen LogP contribution in [0.5, 0.6) is 0 Å². The third-order valence-electron chi connectivity index (χ3n) is 8.51. The summed E-state index contributed by atoms with van der Waals surface area (Å²) in [7, 11) is 0. The van der Waals surface area contributed by atoms with Gasteiger partial charge in [-0.15, -0.1) is 17.8 Å². The number of thiazole rings is 1. The first-order chi connectivity index (χ1) is 14.6. The van der Waals surface area contributed by atoms with Crippen LogP contribution in [0.1, 0.15) is 94.1 Å². The number of aromatic nitrogens is 1. The molecule has 2 aliphatic carbocycles. The summed E-state index contributed by atoms with van der Waals surface area (Å²) in [6.07, 6.45) is 12.5. The first-order valence-electron chi connectivity index (χ1n) is 11.7. The maximum atomic E-state index is 13.0. The van der Waals surface area contributed by atoms with Crippen LogP contribution in [0.3, 0.4) is 0 Å². The molecule has 1 N–H and O–H groups in total. The fraction of sp³-hybridized carbons (Fsp3) is 0.720. The number of nitrogens with one attached hydrogen (secondary N) is 1. The Morgan fingerprint density at radius 1 is 1.13 bits per heavy atom. The van der Waals surface area contributed by atoms with E-state index < -0.39 is 5.54 Å². The zero-order chi connectivity index (χ0) is 22.4. The number of nitrogens with zero attached hydrogens (tertiary/aromatic N) is 2. The van der Waals surface area contributed by atoms with Crippen molar-refractivity contribution >= 4 is 23.2 Å². The van der Waals surface area contributed by atoms with Gasteiger partial charge in [-0.2, -0.15) is 0 Å². The van der Waals surface area contributed by atoms with Crippen molar-refractivity contribution in [2.24, 2.45) is 16.7 Å². The first kappa shape index (κ1) is 22.3. The Morgan fingerprint density at radius 2 is 1.74 bits per heavy atom. The minimum absolute atomic E-state index is 0.0760. The summed E-state index contributed by atoms with van der Waals surface area (Å²) in [6, 6.07) is 0. The molecule has 5 nitrogen and oxygen atoms in total. The predicted octanol–water partition coefficient (Wildman–Crippen LogP) is 4.60. The number of amides is 2. The molecule has 1 aromatic rings. The highest BCUT2D eigenvalue weighted by molar-refractivity contribution is 7.09. The van der Waals surface area contributed by atoms with Crippen molar-refractivity contribution in [3.63, 3.8) is 0 Å². The number of carbonyl (C=O) groups is 2. The van der Waals surface area contributed by atoms with Crippen LogP contribution < -0.4 is 5.32 Å². The minimum atomic E-state index is -0.519. The number of hydrogen-bond donors (Lipinski definition) is 1. The number of likely N-dealkylation sites (tertiary alicyclic amines) is 1. The van der Waals surface area contributed by atoms with E-state index in [4.69, 9.17) is 6.42 Å². The minimum Gasteiger partial charge on any atom is -0.342 e. The standard InChI is InChI=1S/C25H35N3O2S/c1-6-25(12-8-7-9-13-25)27-20(29)18-16-31-21(26-18)17-10-14-28(15-11-17)22(30)19-23(2,3)24(19,4)5/h1,16-17,19H,7-15H2,2-5H3,(H,27,29). The highest BCUT2D eigenvalue weighted by Gasteiger charge is 2.68. The van der Waals surface area contributed by atoms with Crippen molar-refractivity contribution in [3.8, 4) is 12.3 Å². The molecule has 1 saturated heterocycles. The fourth-order valence-corrected chi connectivity index (χ4v) is 6.64. The third-order valence-corrected chi connectivity index (χ3v) is 9.52. The fourth-order valence-electron chi connectivity index (χ4n) is 5.66. The van der Waals surface area contributed by atoms with Gasteiger partial charge in [0.1, 0.15) is 11.2 Å². The number of hydrogen-bond acceptors (Lipinski definition) is 4. The zero-order valence-corrected chi connectivity index (χ0v) is 20.1. The Kier molecular flexibility index (Phi) is 5.70. The van der Waals surface area contributed by atoms with Gasteiger partial charge < -0.3 is 10.2 Å².